The third-order valence-corrected chi connectivity index (χ3v) is 2.32. The Balaban J connectivity index is 0.000000370. The average Bonchev–Trinajstić information content (AvgIpc) is 2.48. The maximum Gasteiger partial charge on any atom is 0.337 e. The lowest BCUT2D eigenvalue weighted by Crippen LogP contribution is -2.23. The third-order valence-electron chi connectivity index (χ3n) is 2.32. The molecule has 0 spiro atoms. The number of rotatable bonds is 8. The highest BCUT2D eigenvalue weighted by Gasteiger charge is 2.14. The third kappa shape index (κ3) is 9.46. The standard InChI is InChI=1S/C8H8O3.C6H15NO2/c9-7(8(10)11)6-4-2-1-3-5-6;1-8-5-3-7-4-6-9-2/h1-5,7,9H,(H,10,11);7H,3-6H2,1-2H3. The van der Waals surface area contributed by atoms with Crippen LogP contribution in [0.25, 0.3) is 0 Å². The summed E-state index contributed by atoms with van der Waals surface area (Å²) in [6.45, 7) is 3.34. The van der Waals surface area contributed by atoms with E-state index in [9.17, 15) is 4.79 Å². The lowest BCUT2D eigenvalue weighted by molar-refractivity contribution is -0.146. The van der Waals surface area contributed by atoms with E-state index in [2.05, 4.69) is 5.32 Å². The Bertz CT molecular complexity index is 339. The van der Waals surface area contributed by atoms with Gasteiger partial charge in [0.1, 0.15) is 0 Å². The molecule has 1 aromatic rings. The van der Waals surface area contributed by atoms with E-state index in [0.29, 0.717) is 5.56 Å². The molecule has 3 N–H and O–H groups in total. The second-order valence-electron chi connectivity index (χ2n) is 3.89. The van der Waals surface area contributed by atoms with Gasteiger partial charge in [-0.15, -0.1) is 0 Å². The molecule has 0 aliphatic heterocycles. The van der Waals surface area contributed by atoms with Crippen molar-refractivity contribution in [2.75, 3.05) is 40.5 Å². The number of carboxylic acids is 1. The number of aliphatic hydroxyl groups is 1. The van der Waals surface area contributed by atoms with Crippen LogP contribution in [0.5, 0.6) is 0 Å². The summed E-state index contributed by atoms with van der Waals surface area (Å²) in [6, 6.07) is 8.26. The smallest absolute Gasteiger partial charge is 0.337 e. The van der Waals surface area contributed by atoms with Gasteiger partial charge in [-0.3, -0.25) is 0 Å². The van der Waals surface area contributed by atoms with Gasteiger partial charge in [0.05, 0.1) is 13.2 Å². The highest BCUT2D eigenvalue weighted by molar-refractivity contribution is 5.73. The monoisotopic (exact) mass is 285 g/mol. The fraction of sp³-hybridized carbons (Fsp3) is 0.500. The summed E-state index contributed by atoms with van der Waals surface area (Å²) >= 11 is 0. The number of aliphatic hydroxyl groups excluding tert-OH is 1. The number of benzene rings is 1. The van der Waals surface area contributed by atoms with Crippen LogP contribution in [0.1, 0.15) is 11.7 Å². The summed E-state index contributed by atoms with van der Waals surface area (Å²) in [5.41, 5.74) is 0.403. The Morgan fingerprint density at radius 3 is 2.05 bits per heavy atom. The molecule has 0 fully saturated rings. The van der Waals surface area contributed by atoms with Crippen molar-refractivity contribution in [3.8, 4) is 0 Å². The lowest BCUT2D eigenvalue weighted by Gasteiger charge is -2.03. The number of aliphatic carboxylic acids is 1. The maximum atomic E-state index is 10.2. The lowest BCUT2D eigenvalue weighted by atomic mass is 10.1. The molecule has 0 aromatic heterocycles. The molecule has 1 atom stereocenters. The van der Waals surface area contributed by atoms with Gasteiger partial charge in [0.15, 0.2) is 6.10 Å². The first-order valence-corrected chi connectivity index (χ1v) is 6.27. The molecule has 1 unspecified atom stereocenters. The molecule has 6 nitrogen and oxygen atoms in total. The molecular formula is C14H23NO5. The highest BCUT2D eigenvalue weighted by atomic mass is 16.5. The van der Waals surface area contributed by atoms with Crippen LogP contribution in [0.4, 0.5) is 0 Å². The Kier molecular flexibility index (Phi) is 11.6. The summed E-state index contributed by atoms with van der Waals surface area (Å²) < 4.78 is 9.64. The predicted octanol–water partition coefficient (Wildman–Crippen LogP) is 0.673. The molecule has 1 rings (SSSR count). The molecule has 0 bridgehead atoms. The Morgan fingerprint density at radius 2 is 1.65 bits per heavy atom. The van der Waals surface area contributed by atoms with Crippen molar-refractivity contribution in [3.63, 3.8) is 0 Å². The zero-order valence-electron chi connectivity index (χ0n) is 11.9. The zero-order valence-corrected chi connectivity index (χ0v) is 11.9. The van der Waals surface area contributed by atoms with Gasteiger partial charge in [-0.25, -0.2) is 4.79 Å². The van der Waals surface area contributed by atoms with E-state index in [1.54, 1.807) is 44.6 Å². The minimum absolute atomic E-state index is 0.403. The van der Waals surface area contributed by atoms with Crippen LogP contribution in [0, 0.1) is 0 Å². The first kappa shape index (κ1) is 18.5. The van der Waals surface area contributed by atoms with Crippen molar-refractivity contribution < 1.29 is 24.5 Å². The molecule has 0 aliphatic rings. The van der Waals surface area contributed by atoms with E-state index in [1.807, 2.05) is 0 Å². The van der Waals surface area contributed by atoms with Gasteiger partial charge in [0.2, 0.25) is 0 Å². The number of ether oxygens (including phenoxy) is 2. The van der Waals surface area contributed by atoms with Crippen LogP contribution in [0.2, 0.25) is 0 Å². The van der Waals surface area contributed by atoms with Gasteiger partial charge in [-0.2, -0.15) is 0 Å². The highest BCUT2D eigenvalue weighted by Crippen LogP contribution is 2.10. The minimum Gasteiger partial charge on any atom is -0.479 e. The molecular weight excluding hydrogens is 262 g/mol. The quantitative estimate of drug-likeness (QED) is 0.609. The molecule has 0 radical (unpaired) electrons. The molecule has 20 heavy (non-hydrogen) atoms. The second-order valence-corrected chi connectivity index (χ2v) is 3.89. The molecule has 0 heterocycles. The molecule has 0 saturated carbocycles. The SMILES string of the molecule is COCCNCCOC.O=C(O)C(O)c1ccccc1. The van der Waals surface area contributed by atoms with Crippen molar-refractivity contribution in [3.05, 3.63) is 35.9 Å². The Morgan fingerprint density at radius 1 is 1.15 bits per heavy atom. The summed E-state index contributed by atoms with van der Waals surface area (Å²) in [5.74, 6) is -1.23. The van der Waals surface area contributed by atoms with E-state index >= 15 is 0 Å². The predicted molar refractivity (Wildman–Crippen MR) is 75.7 cm³/mol. The van der Waals surface area contributed by atoms with Crippen molar-refractivity contribution in [2.24, 2.45) is 0 Å². The molecule has 114 valence electrons. The van der Waals surface area contributed by atoms with Gasteiger partial charge in [0, 0.05) is 27.3 Å². The van der Waals surface area contributed by atoms with Crippen molar-refractivity contribution >= 4 is 5.97 Å². The number of carboxylic acid groups (broad SMARTS) is 1. The summed E-state index contributed by atoms with van der Waals surface area (Å²) in [4.78, 5) is 10.2. The number of nitrogens with one attached hydrogen (secondary N) is 1. The van der Waals surface area contributed by atoms with E-state index in [1.165, 1.54) is 0 Å². The van der Waals surface area contributed by atoms with Crippen LogP contribution in [-0.2, 0) is 14.3 Å². The van der Waals surface area contributed by atoms with E-state index in [0.717, 1.165) is 26.3 Å². The van der Waals surface area contributed by atoms with E-state index in [-0.39, 0.29) is 0 Å². The average molecular weight is 285 g/mol. The first-order valence-electron chi connectivity index (χ1n) is 6.27. The van der Waals surface area contributed by atoms with Crippen LogP contribution >= 0.6 is 0 Å². The first-order chi connectivity index (χ1) is 9.63. The van der Waals surface area contributed by atoms with Crippen molar-refractivity contribution in [2.45, 2.75) is 6.10 Å². The normalized spacial score (nSPS) is 11.3. The summed E-state index contributed by atoms with van der Waals surface area (Å²) in [7, 11) is 3.38. The zero-order chi connectivity index (χ0) is 15.2. The van der Waals surface area contributed by atoms with Gasteiger partial charge >= 0.3 is 5.97 Å². The van der Waals surface area contributed by atoms with Crippen molar-refractivity contribution in [1.82, 2.24) is 5.32 Å². The van der Waals surface area contributed by atoms with E-state index < -0.39 is 12.1 Å². The summed E-state index contributed by atoms with van der Waals surface area (Å²) in [6.07, 6.45) is -1.41. The van der Waals surface area contributed by atoms with Crippen LogP contribution in [0.3, 0.4) is 0 Å². The fourth-order valence-corrected chi connectivity index (χ4v) is 1.25. The van der Waals surface area contributed by atoms with Gasteiger partial charge in [0.25, 0.3) is 0 Å². The van der Waals surface area contributed by atoms with Gasteiger partial charge in [-0.1, -0.05) is 30.3 Å². The van der Waals surface area contributed by atoms with Crippen LogP contribution in [0.15, 0.2) is 30.3 Å². The van der Waals surface area contributed by atoms with Crippen LogP contribution < -0.4 is 5.32 Å². The van der Waals surface area contributed by atoms with Crippen molar-refractivity contribution in [1.29, 1.82) is 0 Å². The Hall–Kier alpha value is -1.47. The van der Waals surface area contributed by atoms with Gasteiger partial charge < -0.3 is 25.0 Å². The largest absolute Gasteiger partial charge is 0.479 e. The maximum absolute atomic E-state index is 10.2. The van der Waals surface area contributed by atoms with Gasteiger partial charge in [-0.05, 0) is 5.56 Å². The Labute approximate surface area is 119 Å². The molecule has 6 heteroatoms. The minimum atomic E-state index is -1.41. The molecule has 0 amide bonds. The number of methoxy groups -OCH3 is 2. The summed E-state index contributed by atoms with van der Waals surface area (Å²) in [5, 5.41) is 20.5. The molecule has 0 saturated heterocycles. The number of hydrogen-bond acceptors (Lipinski definition) is 5. The van der Waals surface area contributed by atoms with E-state index in [4.69, 9.17) is 19.7 Å². The van der Waals surface area contributed by atoms with Crippen LogP contribution in [-0.4, -0.2) is 56.7 Å². The topological polar surface area (TPSA) is 88.0 Å². The number of hydrogen-bond donors (Lipinski definition) is 3. The second kappa shape index (κ2) is 12.6. The molecule has 0 aliphatic carbocycles. The fourth-order valence-electron chi connectivity index (χ4n) is 1.25. The molecule has 1 aromatic carbocycles. The number of carbonyl (C=O) groups is 1.